The van der Waals surface area contributed by atoms with Gasteiger partial charge >= 0.3 is 5.97 Å². The molecule has 0 saturated heterocycles. The van der Waals surface area contributed by atoms with Gasteiger partial charge in [0.05, 0.1) is 5.52 Å². The Balaban J connectivity index is 2.87. The minimum atomic E-state index is -0.968. The number of carboxylic acid groups (broad SMARTS) is 1. The van der Waals surface area contributed by atoms with E-state index in [0.29, 0.717) is 5.82 Å². The summed E-state index contributed by atoms with van der Waals surface area (Å²) in [6.45, 7) is 3.92. The molecular weight excluding hydrogens is 216 g/mol. The lowest BCUT2D eigenvalue weighted by Crippen LogP contribution is -2.06. The van der Waals surface area contributed by atoms with Crippen molar-refractivity contribution in [1.29, 1.82) is 0 Å². The van der Waals surface area contributed by atoms with E-state index in [1.54, 1.807) is 13.1 Å². The molecule has 0 aliphatic heterocycles. The zero-order chi connectivity index (χ0) is 12.6. The number of carboxylic acids is 1. The van der Waals surface area contributed by atoms with Crippen LogP contribution in [-0.2, 0) is 0 Å². The first-order valence-electron chi connectivity index (χ1n) is 5.36. The summed E-state index contributed by atoms with van der Waals surface area (Å²) in [5.41, 5.74) is 3.12. The van der Waals surface area contributed by atoms with E-state index in [1.807, 2.05) is 26.0 Å². The molecule has 0 amide bonds. The van der Waals surface area contributed by atoms with E-state index in [-0.39, 0.29) is 5.56 Å². The smallest absolute Gasteiger partial charge is 0.339 e. The Morgan fingerprint density at radius 1 is 1.29 bits per heavy atom. The van der Waals surface area contributed by atoms with E-state index >= 15 is 0 Å². The van der Waals surface area contributed by atoms with Gasteiger partial charge in [-0.15, -0.1) is 0 Å². The molecule has 0 atom stereocenters. The molecule has 0 saturated carbocycles. The Kier molecular flexibility index (Phi) is 2.71. The van der Waals surface area contributed by atoms with Gasteiger partial charge in [-0.2, -0.15) is 0 Å². The number of hydrogen-bond acceptors (Lipinski definition) is 3. The topological polar surface area (TPSA) is 62.2 Å². The molecular formula is C13H14N2O2. The number of anilines is 1. The SMILES string of the molecule is CNc1nc2c(C)ccc(C)c2cc1C(=O)O. The molecule has 1 aromatic heterocycles. The normalized spacial score (nSPS) is 10.5. The number of nitrogens with one attached hydrogen (secondary N) is 1. The van der Waals surface area contributed by atoms with Crippen LogP contribution in [0.25, 0.3) is 10.9 Å². The predicted octanol–water partition coefficient (Wildman–Crippen LogP) is 2.59. The lowest BCUT2D eigenvalue weighted by molar-refractivity contribution is 0.0698. The molecule has 0 radical (unpaired) electrons. The maximum absolute atomic E-state index is 11.1. The summed E-state index contributed by atoms with van der Waals surface area (Å²) in [5.74, 6) is -0.566. The van der Waals surface area contributed by atoms with Crippen molar-refractivity contribution in [1.82, 2.24) is 4.98 Å². The lowest BCUT2D eigenvalue weighted by Gasteiger charge is -2.10. The van der Waals surface area contributed by atoms with Crippen LogP contribution in [0.4, 0.5) is 5.82 Å². The number of hydrogen-bond donors (Lipinski definition) is 2. The second kappa shape index (κ2) is 4.05. The quantitative estimate of drug-likeness (QED) is 0.832. The highest BCUT2D eigenvalue weighted by Gasteiger charge is 2.14. The number of pyridine rings is 1. The molecule has 1 aromatic carbocycles. The number of aromatic carboxylic acids is 1. The largest absolute Gasteiger partial charge is 0.478 e. The molecule has 0 bridgehead atoms. The van der Waals surface area contributed by atoms with Crippen LogP contribution in [-0.4, -0.2) is 23.1 Å². The van der Waals surface area contributed by atoms with E-state index in [2.05, 4.69) is 10.3 Å². The molecule has 0 aliphatic rings. The number of aryl methyl sites for hydroxylation is 2. The average molecular weight is 230 g/mol. The van der Waals surface area contributed by atoms with Crippen molar-refractivity contribution in [2.75, 3.05) is 12.4 Å². The van der Waals surface area contributed by atoms with Crippen molar-refractivity contribution >= 4 is 22.7 Å². The molecule has 2 rings (SSSR count). The Hall–Kier alpha value is -2.10. The van der Waals surface area contributed by atoms with Crippen LogP contribution in [0.5, 0.6) is 0 Å². The fourth-order valence-corrected chi connectivity index (χ4v) is 1.89. The van der Waals surface area contributed by atoms with Gasteiger partial charge in [0, 0.05) is 12.4 Å². The molecule has 0 unspecified atom stereocenters. The van der Waals surface area contributed by atoms with Crippen molar-refractivity contribution in [3.05, 3.63) is 34.9 Å². The number of aromatic nitrogens is 1. The number of nitrogens with zero attached hydrogens (tertiary/aromatic N) is 1. The van der Waals surface area contributed by atoms with Crippen LogP contribution in [0.1, 0.15) is 21.5 Å². The Labute approximate surface area is 99.3 Å². The van der Waals surface area contributed by atoms with E-state index in [9.17, 15) is 4.79 Å². The molecule has 17 heavy (non-hydrogen) atoms. The second-order valence-corrected chi connectivity index (χ2v) is 4.04. The van der Waals surface area contributed by atoms with Gasteiger partial charge in [0.2, 0.25) is 0 Å². The second-order valence-electron chi connectivity index (χ2n) is 4.04. The van der Waals surface area contributed by atoms with Gasteiger partial charge in [-0.1, -0.05) is 12.1 Å². The molecule has 4 nitrogen and oxygen atoms in total. The maximum Gasteiger partial charge on any atom is 0.339 e. The summed E-state index contributed by atoms with van der Waals surface area (Å²) in [6.07, 6.45) is 0. The number of fused-ring (bicyclic) bond motifs is 1. The third kappa shape index (κ3) is 1.82. The van der Waals surface area contributed by atoms with Crippen molar-refractivity contribution in [3.63, 3.8) is 0 Å². The van der Waals surface area contributed by atoms with Crippen LogP contribution in [0.15, 0.2) is 18.2 Å². The van der Waals surface area contributed by atoms with Crippen molar-refractivity contribution in [2.24, 2.45) is 0 Å². The van der Waals surface area contributed by atoms with Crippen LogP contribution >= 0.6 is 0 Å². The number of benzene rings is 1. The van der Waals surface area contributed by atoms with E-state index in [0.717, 1.165) is 22.0 Å². The number of carbonyl (C=O) groups is 1. The molecule has 2 N–H and O–H groups in total. The van der Waals surface area contributed by atoms with Gasteiger partial charge in [0.15, 0.2) is 0 Å². The minimum Gasteiger partial charge on any atom is -0.478 e. The van der Waals surface area contributed by atoms with Gasteiger partial charge in [0.1, 0.15) is 11.4 Å². The van der Waals surface area contributed by atoms with Gasteiger partial charge in [-0.3, -0.25) is 0 Å². The van der Waals surface area contributed by atoms with Crippen LogP contribution in [0, 0.1) is 13.8 Å². The highest BCUT2D eigenvalue weighted by Crippen LogP contribution is 2.25. The molecule has 0 fully saturated rings. The minimum absolute atomic E-state index is 0.203. The lowest BCUT2D eigenvalue weighted by atomic mass is 10.0. The summed E-state index contributed by atoms with van der Waals surface area (Å²) in [6, 6.07) is 5.65. The van der Waals surface area contributed by atoms with E-state index < -0.39 is 5.97 Å². The highest BCUT2D eigenvalue weighted by atomic mass is 16.4. The fraction of sp³-hybridized carbons (Fsp3) is 0.231. The maximum atomic E-state index is 11.1. The van der Waals surface area contributed by atoms with Crippen molar-refractivity contribution in [2.45, 2.75) is 13.8 Å². The van der Waals surface area contributed by atoms with E-state index in [4.69, 9.17) is 5.11 Å². The summed E-state index contributed by atoms with van der Waals surface area (Å²) < 4.78 is 0. The molecule has 4 heteroatoms. The van der Waals surface area contributed by atoms with Crippen LogP contribution in [0.3, 0.4) is 0 Å². The van der Waals surface area contributed by atoms with Gasteiger partial charge in [0.25, 0.3) is 0 Å². The predicted molar refractivity (Wildman–Crippen MR) is 67.7 cm³/mol. The molecule has 0 aliphatic carbocycles. The molecule has 88 valence electrons. The standard InChI is InChI=1S/C13H14N2O2/c1-7-4-5-8(2)11-9(7)6-10(13(16)17)12(14-3)15-11/h4-6H,1-3H3,(H,14,15)(H,16,17). The fourth-order valence-electron chi connectivity index (χ4n) is 1.89. The Bertz CT molecular complexity index is 606. The van der Waals surface area contributed by atoms with E-state index in [1.165, 1.54) is 0 Å². The molecule has 2 aromatic rings. The van der Waals surface area contributed by atoms with Crippen molar-refractivity contribution < 1.29 is 9.90 Å². The van der Waals surface area contributed by atoms with Gasteiger partial charge in [-0.05, 0) is 31.0 Å². The summed E-state index contributed by atoms with van der Waals surface area (Å²) in [7, 11) is 1.67. The summed E-state index contributed by atoms with van der Waals surface area (Å²) in [4.78, 5) is 15.5. The summed E-state index contributed by atoms with van der Waals surface area (Å²) in [5, 5.41) is 12.9. The Morgan fingerprint density at radius 2 is 1.94 bits per heavy atom. The molecule has 0 spiro atoms. The monoisotopic (exact) mass is 230 g/mol. The molecule has 1 heterocycles. The zero-order valence-corrected chi connectivity index (χ0v) is 10.0. The Morgan fingerprint density at radius 3 is 2.53 bits per heavy atom. The number of rotatable bonds is 2. The van der Waals surface area contributed by atoms with Gasteiger partial charge < -0.3 is 10.4 Å². The van der Waals surface area contributed by atoms with Crippen molar-refractivity contribution in [3.8, 4) is 0 Å². The first-order valence-corrected chi connectivity index (χ1v) is 5.36. The van der Waals surface area contributed by atoms with Crippen LogP contribution in [0.2, 0.25) is 0 Å². The van der Waals surface area contributed by atoms with Crippen LogP contribution < -0.4 is 5.32 Å². The average Bonchev–Trinajstić information content (AvgIpc) is 2.32. The third-order valence-electron chi connectivity index (χ3n) is 2.87. The zero-order valence-electron chi connectivity index (χ0n) is 10.0. The first-order chi connectivity index (χ1) is 8.04. The first kappa shape index (κ1) is 11.4. The van der Waals surface area contributed by atoms with Gasteiger partial charge in [-0.25, -0.2) is 9.78 Å². The highest BCUT2D eigenvalue weighted by molar-refractivity contribution is 5.99. The summed E-state index contributed by atoms with van der Waals surface area (Å²) >= 11 is 0. The third-order valence-corrected chi connectivity index (χ3v) is 2.87.